The molecule has 4 rings (SSSR count). The van der Waals surface area contributed by atoms with Crippen LogP contribution >= 0.6 is 0 Å². The van der Waals surface area contributed by atoms with Gasteiger partial charge in [0, 0.05) is 18.7 Å². The molecule has 5 heteroatoms. The summed E-state index contributed by atoms with van der Waals surface area (Å²) in [6.07, 6.45) is 5.93. The first-order chi connectivity index (χ1) is 13.7. The molecule has 1 aliphatic heterocycles. The Balaban J connectivity index is 1.45. The van der Waals surface area contributed by atoms with Crippen LogP contribution < -0.4 is 0 Å². The summed E-state index contributed by atoms with van der Waals surface area (Å²) < 4.78 is 0. The number of piperidine rings is 1. The third-order valence-corrected chi connectivity index (χ3v) is 5.72. The summed E-state index contributed by atoms with van der Waals surface area (Å²) in [4.78, 5) is 19.5. The maximum absolute atomic E-state index is 13.3. The van der Waals surface area contributed by atoms with Gasteiger partial charge in [0.05, 0.1) is 5.56 Å². The average molecular weight is 374 g/mol. The van der Waals surface area contributed by atoms with E-state index in [1.165, 1.54) is 23.9 Å². The van der Waals surface area contributed by atoms with Gasteiger partial charge in [0.2, 0.25) is 0 Å². The van der Waals surface area contributed by atoms with E-state index in [4.69, 9.17) is 0 Å². The SMILES string of the molecule is Cc1ccccc1CCC1CCCN(C(=O)c2ccccc2-c2ncn[nH]2)C1. The van der Waals surface area contributed by atoms with Gasteiger partial charge < -0.3 is 4.90 Å². The minimum atomic E-state index is 0.0904. The molecule has 28 heavy (non-hydrogen) atoms. The van der Waals surface area contributed by atoms with Crippen LogP contribution in [0.25, 0.3) is 11.4 Å². The number of aromatic nitrogens is 3. The molecule has 5 nitrogen and oxygen atoms in total. The summed E-state index contributed by atoms with van der Waals surface area (Å²) in [5.41, 5.74) is 4.28. The Morgan fingerprint density at radius 3 is 2.82 bits per heavy atom. The van der Waals surface area contributed by atoms with Crippen LogP contribution in [0.2, 0.25) is 0 Å². The molecule has 0 saturated carbocycles. The monoisotopic (exact) mass is 374 g/mol. The third-order valence-electron chi connectivity index (χ3n) is 5.72. The van der Waals surface area contributed by atoms with Crippen LogP contribution in [0.3, 0.4) is 0 Å². The summed E-state index contributed by atoms with van der Waals surface area (Å²) in [5, 5.41) is 6.80. The molecule has 0 radical (unpaired) electrons. The van der Waals surface area contributed by atoms with Gasteiger partial charge >= 0.3 is 0 Å². The summed E-state index contributed by atoms with van der Waals surface area (Å²) in [6, 6.07) is 16.2. The number of benzene rings is 2. The summed E-state index contributed by atoms with van der Waals surface area (Å²) in [6.45, 7) is 3.83. The van der Waals surface area contributed by atoms with Crippen LogP contribution in [0.1, 0.15) is 40.7 Å². The normalized spacial score (nSPS) is 16.9. The molecule has 1 N–H and O–H groups in total. The number of hydrogen-bond donors (Lipinski definition) is 1. The van der Waals surface area contributed by atoms with Gasteiger partial charge in [-0.1, -0.05) is 42.5 Å². The van der Waals surface area contributed by atoms with Crippen molar-refractivity contribution in [2.45, 2.75) is 32.6 Å². The molecule has 0 bridgehead atoms. The Kier molecular flexibility index (Phi) is 5.51. The van der Waals surface area contributed by atoms with E-state index in [1.807, 2.05) is 29.2 Å². The maximum atomic E-state index is 13.3. The molecule has 1 aliphatic rings. The van der Waals surface area contributed by atoms with Gasteiger partial charge in [0.25, 0.3) is 5.91 Å². The number of likely N-dealkylation sites (tertiary alicyclic amines) is 1. The molecule has 3 aromatic rings. The van der Waals surface area contributed by atoms with Crippen LogP contribution in [-0.4, -0.2) is 39.1 Å². The van der Waals surface area contributed by atoms with E-state index in [9.17, 15) is 4.79 Å². The number of H-pyrrole nitrogens is 1. The Labute approximate surface area is 165 Å². The highest BCUT2D eigenvalue weighted by molar-refractivity contribution is 6.00. The van der Waals surface area contributed by atoms with E-state index in [1.54, 1.807) is 0 Å². The molecular formula is C23H26N4O. The second-order valence-electron chi connectivity index (χ2n) is 7.60. The van der Waals surface area contributed by atoms with E-state index in [2.05, 4.69) is 46.4 Å². The second kappa shape index (κ2) is 8.38. The van der Waals surface area contributed by atoms with Crippen molar-refractivity contribution in [3.05, 3.63) is 71.5 Å². The Bertz CT molecular complexity index is 935. The summed E-state index contributed by atoms with van der Waals surface area (Å²) in [7, 11) is 0. The molecule has 0 aliphatic carbocycles. The highest BCUT2D eigenvalue weighted by Gasteiger charge is 2.26. The number of hydrogen-bond acceptors (Lipinski definition) is 3. The smallest absolute Gasteiger partial charge is 0.254 e. The van der Waals surface area contributed by atoms with Gasteiger partial charge in [-0.15, -0.1) is 0 Å². The molecule has 2 heterocycles. The van der Waals surface area contributed by atoms with E-state index in [0.717, 1.165) is 37.9 Å². The Hall–Kier alpha value is -2.95. The van der Waals surface area contributed by atoms with Crippen LogP contribution in [-0.2, 0) is 6.42 Å². The van der Waals surface area contributed by atoms with Gasteiger partial charge in [-0.25, -0.2) is 4.98 Å². The number of rotatable bonds is 5. The largest absolute Gasteiger partial charge is 0.338 e. The van der Waals surface area contributed by atoms with Crippen molar-refractivity contribution >= 4 is 5.91 Å². The fourth-order valence-electron chi connectivity index (χ4n) is 4.12. The van der Waals surface area contributed by atoms with Gasteiger partial charge in [-0.2, -0.15) is 5.10 Å². The number of aryl methyl sites for hydroxylation is 2. The lowest BCUT2D eigenvalue weighted by Crippen LogP contribution is -2.40. The quantitative estimate of drug-likeness (QED) is 0.726. The first-order valence-corrected chi connectivity index (χ1v) is 10.0. The van der Waals surface area contributed by atoms with E-state index in [0.29, 0.717) is 17.3 Å². The van der Waals surface area contributed by atoms with Crippen LogP contribution in [0, 0.1) is 12.8 Å². The second-order valence-corrected chi connectivity index (χ2v) is 7.60. The van der Waals surface area contributed by atoms with Gasteiger partial charge in [0.15, 0.2) is 5.82 Å². The number of aromatic amines is 1. The number of nitrogens with zero attached hydrogens (tertiary/aromatic N) is 3. The molecular weight excluding hydrogens is 348 g/mol. The summed E-state index contributed by atoms with van der Waals surface area (Å²) >= 11 is 0. The molecule has 1 unspecified atom stereocenters. The van der Waals surface area contributed by atoms with Crippen molar-refractivity contribution < 1.29 is 4.79 Å². The fraction of sp³-hybridized carbons (Fsp3) is 0.348. The zero-order valence-electron chi connectivity index (χ0n) is 16.3. The molecule has 0 spiro atoms. The lowest BCUT2D eigenvalue weighted by Gasteiger charge is -2.33. The van der Waals surface area contributed by atoms with E-state index < -0.39 is 0 Å². The molecule has 1 saturated heterocycles. The molecule has 2 aromatic carbocycles. The molecule has 1 aromatic heterocycles. The van der Waals surface area contributed by atoms with Gasteiger partial charge in [-0.3, -0.25) is 9.89 Å². The zero-order valence-corrected chi connectivity index (χ0v) is 16.3. The topological polar surface area (TPSA) is 61.9 Å². The number of carbonyl (C=O) groups is 1. The average Bonchev–Trinajstić information content (AvgIpc) is 3.28. The number of nitrogens with one attached hydrogen (secondary N) is 1. The minimum absolute atomic E-state index is 0.0904. The minimum Gasteiger partial charge on any atom is -0.338 e. The lowest BCUT2D eigenvalue weighted by atomic mass is 9.90. The Morgan fingerprint density at radius 2 is 2.00 bits per heavy atom. The highest BCUT2D eigenvalue weighted by Crippen LogP contribution is 2.26. The fourth-order valence-corrected chi connectivity index (χ4v) is 4.12. The van der Waals surface area contributed by atoms with Crippen molar-refractivity contribution in [1.29, 1.82) is 0 Å². The van der Waals surface area contributed by atoms with E-state index >= 15 is 0 Å². The zero-order chi connectivity index (χ0) is 19.3. The number of amides is 1. The lowest BCUT2D eigenvalue weighted by molar-refractivity contribution is 0.0669. The van der Waals surface area contributed by atoms with Crippen LogP contribution in [0.15, 0.2) is 54.9 Å². The van der Waals surface area contributed by atoms with Crippen LogP contribution in [0.4, 0.5) is 0 Å². The molecule has 144 valence electrons. The highest BCUT2D eigenvalue weighted by atomic mass is 16.2. The van der Waals surface area contributed by atoms with Gasteiger partial charge in [0.1, 0.15) is 6.33 Å². The molecule has 1 fully saturated rings. The first kappa shape index (κ1) is 18.4. The molecule has 1 amide bonds. The third kappa shape index (κ3) is 3.98. The predicted octanol–water partition coefficient (Wildman–Crippen LogP) is 4.27. The predicted molar refractivity (Wildman–Crippen MR) is 110 cm³/mol. The van der Waals surface area contributed by atoms with Crippen molar-refractivity contribution in [1.82, 2.24) is 20.1 Å². The standard InChI is InChI=1S/C23H26N4O/c1-17-7-2-3-9-19(17)13-12-18-8-6-14-27(15-18)23(28)21-11-5-4-10-20(21)22-24-16-25-26-22/h2-5,7,9-11,16,18H,6,8,12-15H2,1H3,(H,24,25,26). The maximum Gasteiger partial charge on any atom is 0.254 e. The van der Waals surface area contributed by atoms with Crippen molar-refractivity contribution in [2.24, 2.45) is 5.92 Å². The molecule has 1 atom stereocenters. The Morgan fingerprint density at radius 1 is 1.18 bits per heavy atom. The van der Waals surface area contributed by atoms with Crippen LogP contribution in [0.5, 0.6) is 0 Å². The van der Waals surface area contributed by atoms with Gasteiger partial charge in [-0.05, 0) is 55.7 Å². The number of carbonyl (C=O) groups excluding carboxylic acids is 1. The first-order valence-electron chi connectivity index (χ1n) is 10.0. The summed E-state index contributed by atoms with van der Waals surface area (Å²) in [5.74, 6) is 1.28. The van der Waals surface area contributed by atoms with Crippen molar-refractivity contribution in [2.75, 3.05) is 13.1 Å². The van der Waals surface area contributed by atoms with Crippen molar-refractivity contribution in [3.8, 4) is 11.4 Å². The van der Waals surface area contributed by atoms with E-state index in [-0.39, 0.29) is 5.91 Å². The van der Waals surface area contributed by atoms with Crippen molar-refractivity contribution in [3.63, 3.8) is 0 Å².